The largest absolute Gasteiger partial charge is 0.460 e. The van der Waals surface area contributed by atoms with E-state index in [9.17, 15) is 4.79 Å². The SMILES string of the molecule is CO[C@@H]1[C@H](OC(=O)CCCC2CCCN2C)CC[C@]2(CO2)[C@H]1[C@@]1(C)O[C@@H]1CC=C(C)C. The van der Waals surface area contributed by atoms with Gasteiger partial charge in [0, 0.05) is 19.6 Å². The van der Waals surface area contributed by atoms with Crippen LogP contribution in [0.15, 0.2) is 11.6 Å². The lowest BCUT2D eigenvalue weighted by Crippen LogP contribution is -2.55. The first-order chi connectivity index (χ1) is 14.8. The second kappa shape index (κ2) is 9.12. The van der Waals surface area contributed by atoms with Crippen molar-refractivity contribution in [1.82, 2.24) is 4.90 Å². The molecule has 3 heterocycles. The van der Waals surface area contributed by atoms with Crippen molar-refractivity contribution >= 4 is 5.97 Å². The molecule has 1 aliphatic carbocycles. The molecule has 3 saturated heterocycles. The molecule has 3 aliphatic heterocycles. The Kier molecular flexibility index (Phi) is 6.83. The van der Waals surface area contributed by atoms with Crippen molar-refractivity contribution in [3.63, 3.8) is 0 Å². The van der Waals surface area contributed by atoms with Crippen molar-refractivity contribution in [3.05, 3.63) is 11.6 Å². The Morgan fingerprint density at radius 2 is 2.06 bits per heavy atom. The van der Waals surface area contributed by atoms with Crippen LogP contribution in [0.25, 0.3) is 0 Å². The first-order valence-electron chi connectivity index (χ1n) is 12.2. The maximum Gasteiger partial charge on any atom is 0.306 e. The summed E-state index contributed by atoms with van der Waals surface area (Å²) in [5.74, 6) is -0.0127. The Hall–Kier alpha value is -0.950. The Bertz CT molecular complexity index is 685. The average molecular weight is 436 g/mol. The lowest BCUT2D eigenvalue weighted by Gasteiger charge is -2.42. The van der Waals surface area contributed by atoms with E-state index in [1.54, 1.807) is 7.11 Å². The van der Waals surface area contributed by atoms with Gasteiger partial charge in [0.2, 0.25) is 0 Å². The number of likely N-dealkylation sites (tertiary alicyclic amines) is 1. The molecule has 6 nitrogen and oxygen atoms in total. The normalized spacial score (nSPS) is 41.9. The monoisotopic (exact) mass is 435 g/mol. The average Bonchev–Trinajstić information content (AvgIpc) is 3.59. The van der Waals surface area contributed by atoms with E-state index in [1.165, 1.54) is 25.0 Å². The number of allylic oxidation sites excluding steroid dienone is 1. The van der Waals surface area contributed by atoms with Crippen LogP contribution in [0.2, 0.25) is 0 Å². The fourth-order valence-electron chi connectivity index (χ4n) is 6.12. The van der Waals surface area contributed by atoms with Crippen LogP contribution < -0.4 is 0 Å². The van der Waals surface area contributed by atoms with Crippen LogP contribution in [0.3, 0.4) is 0 Å². The summed E-state index contributed by atoms with van der Waals surface area (Å²) in [5.41, 5.74) is 0.838. The highest BCUT2D eigenvalue weighted by Gasteiger charge is 2.72. The topological polar surface area (TPSA) is 63.8 Å². The number of hydrogen-bond acceptors (Lipinski definition) is 6. The summed E-state index contributed by atoms with van der Waals surface area (Å²) in [5, 5.41) is 0. The van der Waals surface area contributed by atoms with Gasteiger partial charge in [0.25, 0.3) is 0 Å². The smallest absolute Gasteiger partial charge is 0.306 e. The molecule has 0 amide bonds. The van der Waals surface area contributed by atoms with E-state index in [4.69, 9.17) is 18.9 Å². The molecule has 4 fully saturated rings. The molecule has 7 atom stereocenters. The summed E-state index contributed by atoms with van der Waals surface area (Å²) in [7, 11) is 3.91. The van der Waals surface area contributed by atoms with Gasteiger partial charge in [-0.25, -0.2) is 0 Å². The minimum Gasteiger partial charge on any atom is -0.460 e. The second-order valence-electron chi connectivity index (χ2n) is 10.6. The second-order valence-corrected chi connectivity index (χ2v) is 10.6. The first-order valence-corrected chi connectivity index (χ1v) is 12.2. The predicted octanol–water partition coefficient (Wildman–Crippen LogP) is 3.87. The first kappa shape index (κ1) is 23.2. The van der Waals surface area contributed by atoms with Crippen molar-refractivity contribution in [2.75, 3.05) is 27.3 Å². The summed E-state index contributed by atoms with van der Waals surface area (Å²) >= 11 is 0. The number of esters is 1. The number of epoxide rings is 2. The van der Waals surface area contributed by atoms with Crippen molar-refractivity contribution < 1.29 is 23.7 Å². The molecule has 4 rings (SSSR count). The highest BCUT2D eigenvalue weighted by Crippen LogP contribution is 2.59. The van der Waals surface area contributed by atoms with Crippen LogP contribution in [0.1, 0.15) is 72.1 Å². The van der Waals surface area contributed by atoms with Crippen LogP contribution >= 0.6 is 0 Å². The minimum absolute atomic E-state index is 0.0826. The molecule has 1 saturated carbocycles. The third-order valence-electron chi connectivity index (χ3n) is 8.11. The van der Waals surface area contributed by atoms with Gasteiger partial charge in [-0.2, -0.15) is 0 Å². The zero-order valence-electron chi connectivity index (χ0n) is 20.0. The van der Waals surface area contributed by atoms with Crippen LogP contribution in [-0.2, 0) is 23.7 Å². The van der Waals surface area contributed by atoms with Gasteiger partial charge < -0.3 is 23.8 Å². The van der Waals surface area contributed by atoms with Crippen molar-refractivity contribution in [1.29, 1.82) is 0 Å². The number of ether oxygens (including phenoxy) is 4. The van der Waals surface area contributed by atoms with Gasteiger partial charge in [-0.05, 0) is 79.3 Å². The summed E-state index contributed by atoms with van der Waals surface area (Å²) in [6.45, 7) is 8.34. The van der Waals surface area contributed by atoms with Gasteiger partial charge in [0.1, 0.15) is 23.4 Å². The van der Waals surface area contributed by atoms with Gasteiger partial charge in [0.05, 0.1) is 18.6 Å². The maximum atomic E-state index is 12.7. The molecule has 176 valence electrons. The molecular weight excluding hydrogens is 394 g/mol. The molecule has 1 spiro atoms. The molecule has 1 unspecified atom stereocenters. The molecule has 0 aromatic rings. The molecule has 0 aromatic carbocycles. The Labute approximate surface area is 187 Å². The van der Waals surface area contributed by atoms with Gasteiger partial charge in [-0.1, -0.05) is 11.6 Å². The highest BCUT2D eigenvalue weighted by atomic mass is 16.6. The summed E-state index contributed by atoms with van der Waals surface area (Å²) in [6.07, 6.45) is 9.55. The van der Waals surface area contributed by atoms with Crippen molar-refractivity contribution in [3.8, 4) is 0 Å². The van der Waals surface area contributed by atoms with Gasteiger partial charge in [-0.3, -0.25) is 4.79 Å². The molecule has 0 aromatic heterocycles. The van der Waals surface area contributed by atoms with E-state index in [0.29, 0.717) is 12.5 Å². The van der Waals surface area contributed by atoms with Crippen molar-refractivity contribution in [2.45, 2.75) is 108 Å². The lowest BCUT2D eigenvalue weighted by molar-refractivity contribution is -0.172. The van der Waals surface area contributed by atoms with E-state index in [2.05, 4.69) is 38.8 Å². The van der Waals surface area contributed by atoms with Crippen LogP contribution in [-0.4, -0.2) is 73.7 Å². The number of rotatable bonds is 9. The fraction of sp³-hybridized carbons (Fsp3) is 0.880. The van der Waals surface area contributed by atoms with Crippen LogP contribution in [0.4, 0.5) is 0 Å². The van der Waals surface area contributed by atoms with E-state index in [-0.39, 0.29) is 41.4 Å². The molecular formula is C25H41NO5. The van der Waals surface area contributed by atoms with E-state index in [1.807, 2.05) is 0 Å². The molecule has 6 heteroatoms. The summed E-state index contributed by atoms with van der Waals surface area (Å²) in [6, 6.07) is 0.621. The third-order valence-corrected chi connectivity index (χ3v) is 8.11. The molecule has 0 bridgehead atoms. The standard InChI is InChI=1S/C25H41NO5/c1-17(2)11-12-20-24(3,31-20)23-22(28-5)19(13-14-25(23)16-29-25)30-21(27)10-6-8-18-9-7-15-26(18)4/h11,18-20,22-23H,6-10,12-16H2,1-5H3/t18?,19-,20-,22-,23-,24+,25+/m1/s1. The Morgan fingerprint density at radius 3 is 2.68 bits per heavy atom. The lowest BCUT2D eigenvalue weighted by atomic mass is 9.68. The Morgan fingerprint density at radius 1 is 1.29 bits per heavy atom. The predicted molar refractivity (Wildman–Crippen MR) is 119 cm³/mol. The zero-order valence-corrected chi connectivity index (χ0v) is 20.0. The molecule has 31 heavy (non-hydrogen) atoms. The number of carbonyl (C=O) groups excluding carboxylic acids is 1. The quantitative estimate of drug-likeness (QED) is 0.311. The van der Waals surface area contributed by atoms with E-state index >= 15 is 0 Å². The highest BCUT2D eigenvalue weighted by molar-refractivity contribution is 5.69. The molecule has 0 radical (unpaired) electrons. The van der Waals surface area contributed by atoms with Crippen molar-refractivity contribution in [2.24, 2.45) is 5.92 Å². The van der Waals surface area contributed by atoms with Crippen LogP contribution in [0, 0.1) is 5.92 Å². The van der Waals surface area contributed by atoms with Gasteiger partial charge in [-0.15, -0.1) is 0 Å². The maximum absolute atomic E-state index is 12.7. The fourth-order valence-corrected chi connectivity index (χ4v) is 6.12. The zero-order chi connectivity index (χ0) is 22.2. The number of hydrogen-bond donors (Lipinski definition) is 0. The Balaban J connectivity index is 1.34. The van der Waals surface area contributed by atoms with Gasteiger partial charge in [0.15, 0.2) is 0 Å². The molecule has 0 N–H and O–H groups in total. The number of nitrogens with zero attached hydrogens (tertiary/aromatic N) is 1. The number of methoxy groups -OCH3 is 1. The summed E-state index contributed by atoms with van der Waals surface area (Å²) in [4.78, 5) is 15.1. The minimum atomic E-state index is -0.290. The van der Waals surface area contributed by atoms with Crippen LogP contribution in [0.5, 0.6) is 0 Å². The third kappa shape index (κ3) is 4.87. The molecule has 4 aliphatic rings. The van der Waals surface area contributed by atoms with E-state index in [0.717, 1.165) is 38.7 Å². The number of carbonyl (C=O) groups is 1. The van der Waals surface area contributed by atoms with Gasteiger partial charge >= 0.3 is 5.97 Å². The van der Waals surface area contributed by atoms with E-state index < -0.39 is 0 Å². The summed E-state index contributed by atoms with van der Waals surface area (Å²) < 4.78 is 24.2.